The van der Waals surface area contributed by atoms with Gasteiger partial charge in [0, 0.05) is 13.1 Å². The zero-order chi connectivity index (χ0) is 23.4. The maximum absolute atomic E-state index is 12.1. The summed E-state index contributed by atoms with van der Waals surface area (Å²) in [5, 5.41) is 35.4. The molecule has 1 amide bonds. The molecular formula is C21H27N9O4. The molecule has 1 saturated heterocycles. The van der Waals surface area contributed by atoms with Gasteiger partial charge in [-0.05, 0) is 44.4 Å². The van der Waals surface area contributed by atoms with Crippen molar-refractivity contribution in [2.45, 2.75) is 69.1 Å². The number of aromatic nitrogens is 7. The van der Waals surface area contributed by atoms with Crippen LogP contribution in [0.15, 0.2) is 12.5 Å². The lowest BCUT2D eigenvalue weighted by Crippen LogP contribution is -2.41. The number of nitrogens with one attached hydrogen (secondary N) is 2. The van der Waals surface area contributed by atoms with E-state index in [1.807, 2.05) is 6.20 Å². The van der Waals surface area contributed by atoms with Gasteiger partial charge in [-0.1, -0.05) is 5.21 Å². The largest absolute Gasteiger partial charge is 0.387 e. The van der Waals surface area contributed by atoms with Gasteiger partial charge in [0.15, 0.2) is 29.3 Å². The van der Waals surface area contributed by atoms with E-state index in [1.54, 1.807) is 0 Å². The van der Waals surface area contributed by atoms with Crippen molar-refractivity contribution >= 4 is 22.9 Å². The van der Waals surface area contributed by atoms with Gasteiger partial charge in [-0.25, -0.2) is 4.98 Å². The van der Waals surface area contributed by atoms with Gasteiger partial charge in [0.25, 0.3) is 11.9 Å². The molecule has 180 valence electrons. The normalized spacial score (nSPS) is 27.1. The highest BCUT2D eigenvalue weighted by Crippen LogP contribution is 2.34. The Bertz CT molecular complexity index is 1220. The molecule has 4 heterocycles. The minimum Gasteiger partial charge on any atom is -0.387 e. The summed E-state index contributed by atoms with van der Waals surface area (Å²) in [5.41, 5.74) is 1.78. The third kappa shape index (κ3) is 3.69. The molecule has 13 nitrogen and oxygen atoms in total. The Morgan fingerprint density at radius 2 is 2.03 bits per heavy atom. The first-order chi connectivity index (χ1) is 16.5. The number of anilines is 1. The number of rotatable bonds is 7. The van der Waals surface area contributed by atoms with Crippen molar-refractivity contribution in [3.05, 3.63) is 18.2 Å². The van der Waals surface area contributed by atoms with Crippen LogP contribution in [0.1, 0.15) is 44.0 Å². The standard InChI is InChI=1S/C21H27N9O4/c1-22-19(33)16-14(31)15(32)20(34-16)29-9-23-13-17(24-11-3-2-4-11)25-21(26-18(13)29)30-8-12(27-28-30)7-10-5-6-10/h8-11,14-16,20,31-32H,2-7H2,1H3,(H,22,33)(H,24,25,26)/t14-,15+,16-,20+/m0/s1. The zero-order valence-corrected chi connectivity index (χ0v) is 18.7. The molecule has 3 fully saturated rings. The van der Waals surface area contributed by atoms with Crippen LogP contribution < -0.4 is 10.6 Å². The number of carbonyl (C=O) groups excluding carboxylic acids is 1. The fourth-order valence-corrected chi connectivity index (χ4v) is 4.40. The highest BCUT2D eigenvalue weighted by molar-refractivity contribution is 5.84. The third-order valence-electron chi connectivity index (χ3n) is 6.81. The summed E-state index contributed by atoms with van der Waals surface area (Å²) in [4.78, 5) is 25.9. The smallest absolute Gasteiger partial charge is 0.256 e. The van der Waals surface area contributed by atoms with Crippen LogP contribution >= 0.6 is 0 Å². The summed E-state index contributed by atoms with van der Waals surface area (Å²) in [7, 11) is 1.44. The van der Waals surface area contributed by atoms with Crippen molar-refractivity contribution in [1.29, 1.82) is 0 Å². The lowest BCUT2D eigenvalue weighted by molar-refractivity contribution is -0.137. The van der Waals surface area contributed by atoms with E-state index < -0.39 is 30.4 Å². The van der Waals surface area contributed by atoms with Crippen molar-refractivity contribution in [2.24, 2.45) is 5.92 Å². The molecule has 1 aliphatic heterocycles. The quantitative estimate of drug-likeness (QED) is 0.361. The van der Waals surface area contributed by atoms with Crippen LogP contribution in [0.4, 0.5) is 5.82 Å². The van der Waals surface area contributed by atoms with E-state index in [4.69, 9.17) is 4.74 Å². The van der Waals surface area contributed by atoms with Gasteiger partial charge in [-0.3, -0.25) is 9.36 Å². The first-order valence-electron chi connectivity index (χ1n) is 11.7. The van der Waals surface area contributed by atoms with Crippen LogP contribution in [0.3, 0.4) is 0 Å². The van der Waals surface area contributed by atoms with Gasteiger partial charge in [0.05, 0.1) is 18.2 Å². The van der Waals surface area contributed by atoms with E-state index in [9.17, 15) is 15.0 Å². The maximum Gasteiger partial charge on any atom is 0.256 e. The Kier molecular flexibility index (Phi) is 5.19. The molecule has 3 aromatic rings. The number of aliphatic hydroxyl groups excluding tert-OH is 2. The van der Waals surface area contributed by atoms with Crippen LogP contribution in [0, 0.1) is 5.92 Å². The lowest BCUT2D eigenvalue weighted by Gasteiger charge is -2.27. The van der Waals surface area contributed by atoms with Crippen LogP contribution in [0.2, 0.25) is 0 Å². The SMILES string of the molecule is CNC(=O)[C@H]1O[C@@H](n2cnc3c(NC4CCC4)nc(-n4cc(CC5CC5)nn4)nc32)[C@H](O)[C@@H]1O. The molecule has 4 atom stereocenters. The zero-order valence-electron chi connectivity index (χ0n) is 18.7. The number of nitrogens with zero attached hydrogens (tertiary/aromatic N) is 7. The molecule has 0 unspecified atom stereocenters. The third-order valence-corrected chi connectivity index (χ3v) is 6.81. The number of ether oxygens (including phenoxy) is 1. The number of likely N-dealkylation sites (N-methyl/N-ethyl adjacent to an activating group) is 1. The molecule has 34 heavy (non-hydrogen) atoms. The number of aliphatic hydroxyl groups is 2. The van der Waals surface area contributed by atoms with Gasteiger partial charge < -0.3 is 25.6 Å². The average molecular weight is 470 g/mol. The first kappa shape index (κ1) is 21.4. The van der Waals surface area contributed by atoms with Gasteiger partial charge in [0.2, 0.25) is 0 Å². The minimum atomic E-state index is -1.39. The average Bonchev–Trinajstić information content (AvgIpc) is 3.20. The molecule has 3 aromatic heterocycles. The Morgan fingerprint density at radius 3 is 2.74 bits per heavy atom. The van der Waals surface area contributed by atoms with Crippen LogP contribution in [-0.4, -0.2) is 82.0 Å². The van der Waals surface area contributed by atoms with Gasteiger partial charge in [-0.2, -0.15) is 14.6 Å². The fraction of sp³-hybridized carbons (Fsp3) is 0.619. The fourth-order valence-electron chi connectivity index (χ4n) is 4.40. The summed E-state index contributed by atoms with van der Waals surface area (Å²) >= 11 is 0. The molecule has 4 N–H and O–H groups in total. The summed E-state index contributed by atoms with van der Waals surface area (Å²) in [6, 6.07) is 0.296. The predicted molar refractivity (Wildman–Crippen MR) is 118 cm³/mol. The predicted octanol–water partition coefficient (Wildman–Crippen LogP) is -0.311. The van der Waals surface area contributed by atoms with E-state index in [0.29, 0.717) is 34.9 Å². The van der Waals surface area contributed by atoms with E-state index >= 15 is 0 Å². The monoisotopic (exact) mass is 469 g/mol. The van der Waals surface area contributed by atoms with Crippen molar-refractivity contribution < 1.29 is 19.7 Å². The van der Waals surface area contributed by atoms with Crippen molar-refractivity contribution in [3.63, 3.8) is 0 Å². The molecule has 0 radical (unpaired) electrons. The van der Waals surface area contributed by atoms with Gasteiger partial charge >= 0.3 is 0 Å². The number of amides is 1. The van der Waals surface area contributed by atoms with Gasteiger partial charge in [0.1, 0.15) is 12.2 Å². The number of hydrogen-bond acceptors (Lipinski definition) is 10. The van der Waals surface area contributed by atoms with Crippen molar-refractivity contribution in [3.8, 4) is 5.95 Å². The van der Waals surface area contributed by atoms with Crippen LogP contribution in [0.25, 0.3) is 17.1 Å². The van der Waals surface area contributed by atoms with E-state index in [1.165, 1.54) is 35.5 Å². The molecule has 2 aliphatic carbocycles. The first-order valence-corrected chi connectivity index (χ1v) is 11.7. The summed E-state index contributed by atoms with van der Waals surface area (Å²) in [6.45, 7) is 0. The minimum absolute atomic E-state index is 0.296. The van der Waals surface area contributed by atoms with Crippen LogP contribution in [0.5, 0.6) is 0 Å². The number of carbonyl (C=O) groups is 1. The molecule has 0 aromatic carbocycles. The summed E-state index contributed by atoms with van der Waals surface area (Å²) in [6.07, 6.45) is 4.86. The second-order valence-electron chi connectivity index (χ2n) is 9.31. The lowest BCUT2D eigenvalue weighted by atomic mass is 9.93. The molecule has 0 bridgehead atoms. The van der Waals surface area contributed by atoms with E-state index in [-0.39, 0.29) is 0 Å². The van der Waals surface area contributed by atoms with Gasteiger partial charge in [-0.15, -0.1) is 5.10 Å². The maximum atomic E-state index is 12.1. The molecule has 3 aliphatic rings. The Labute approximate surface area is 194 Å². The number of fused-ring (bicyclic) bond motifs is 1. The second-order valence-corrected chi connectivity index (χ2v) is 9.31. The van der Waals surface area contributed by atoms with Crippen molar-refractivity contribution in [2.75, 3.05) is 12.4 Å². The Hall–Kier alpha value is -3.16. The summed E-state index contributed by atoms with van der Waals surface area (Å²) in [5.74, 6) is 1.01. The molecule has 2 saturated carbocycles. The highest BCUT2D eigenvalue weighted by Gasteiger charge is 2.47. The Balaban J connectivity index is 1.39. The molecule has 6 rings (SSSR count). The second kappa shape index (κ2) is 8.25. The molecular weight excluding hydrogens is 442 g/mol. The number of hydrogen-bond donors (Lipinski definition) is 4. The molecule has 13 heteroatoms. The summed E-state index contributed by atoms with van der Waals surface area (Å²) < 4.78 is 8.80. The topological polar surface area (TPSA) is 165 Å². The van der Waals surface area contributed by atoms with Crippen molar-refractivity contribution in [1.82, 2.24) is 39.8 Å². The van der Waals surface area contributed by atoms with Crippen LogP contribution in [-0.2, 0) is 16.0 Å². The highest BCUT2D eigenvalue weighted by atomic mass is 16.6. The number of imidazole rings is 1. The Morgan fingerprint density at radius 1 is 1.21 bits per heavy atom. The van der Waals surface area contributed by atoms with E-state index in [2.05, 4.69) is 35.9 Å². The molecule has 0 spiro atoms. The van der Waals surface area contributed by atoms with E-state index in [0.717, 1.165) is 31.4 Å².